The number of aliphatic hydroxyl groups is 1. The fourth-order valence-corrected chi connectivity index (χ4v) is 14.8. The van der Waals surface area contributed by atoms with Gasteiger partial charge in [-0.05, 0) is 140 Å². The van der Waals surface area contributed by atoms with Crippen LogP contribution in [0, 0.1) is 50.2 Å². The zero-order valence-corrected chi connectivity index (χ0v) is 40.9. The van der Waals surface area contributed by atoms with E-state index in [2.05, 4.69) is 70.5 Å². The Morgan fingerprint density at radius 3 is 2.18 bits per heavy atom. The van der Waals surface area contributed by atoms with Crippen LogP contribution < -0.4 is 16.0 Å². The first-order chi connectivity index (χ1) is 31.3. The Balaban J connectivity index is 0.729. The number of hydrogen-bond donors (Lipinski definition) is 4. The van der Waals surface area contributed by atoms with Crippen LogP contribution in [0.1, 0.15) is 159 Å². The van der Waals surface area contributed by atoms with Crippen LogP contribution in [0.2, 0.25) is 0 Å². The van der Waals surface area contributed by atoms with Gasteiger partial charge in [-0.2, -0.15) is 0 Å². The lowest BCUT2D eigenvalue weighted by Gasteiger charge is -2.71. The molecule has 1 aromatic rings. The number of allylic oxidation sites excluding steroid dienone is 2. The molecule has 8 rings (SSSR count). The van der Waals surface area contributed by atoms with Crippen molar-refractivity contribution in [1.82, 2.24) is 15.5 Å². The number of ether oxygens (including phenoxy) is 3. The first-order valence-corrected chi connectivity index (χ1v) is 25.3. The Hall–Kier alpha value is -3.65. The van der Waals surface area contributed by atoms with Crippen LogP contribution in [0.15, 0.2) is 29.8 Å². The van der Waals surface area contributed by atoms with Gasteiger partial charge < -0.3 is 30.0 Å². The molecule has 0 bridgehead atoms. The third-order valence-electron chi connectivity index (χ3n) is 18.8. The number of hydrogen-bond acceptors (Lipinski definition) is 10. The molecule has 1 aromatic carbocycles. The summed E-state index contributed by atoms with van der Waals surface area (Å²) in [4.78, 5) is 65.9. The number of carbonyl (C=O) groups excluding carboxylic acids is 5. The highest BCUT2D eigenvalue weighted by molar-refractivity contribution is 6.25. The van der Waals surface area contributed by atoms with Crippen LogP contribution in [0.4, 0.5) is 5.69 Å². The van der Waals surface area contributed by atoms with Crippen molar-refractivity contribution in [3.8, 4) is 0 Å². The van der Waals surface area contributed by atoms with Crippen molar-refractivity contribution in [1.29, 1.82) is 0 Å². The Bertz CT molecular complexity index is 2080. The molecule has 13 heteroatoms. The van der Waals surface area contributed by atoms with Crippen LogP contribution in [0.25, 0.3) is 0 Å². The third-order valence-corrected chi connectivity index (χ3v) is 18.8. The van der Waals surface area contributed by atoms with Gasteiger partial charge in [-0.25, -0.2) is 0 Å². The van der Waals surface area contributed by atoms with E-state index in [4.69, 9.17) is 14.2 Å². The number of imide groups is 2. The Morgan fingerprint density at radius 1 is 0.788 bits per heavy atom. The van der Waals surface area contributed by atoms with Gasteiger partial charge in [0.05, 0.1) is 49.1 Å². The number of aliphatic hydroxyl groups excluding tert-OH is 1. The summed E-state index contributed by atoms with van der Waals surface area (Å²) in [5, 5.41) is 20.0. The minimum atomic E-state index is -1.00. The monoisotopic (exact) mass is 915 g/mol. The summed E-state index contributed by atoms with van der Waals surface area (Å²) in [6.45, 7) is 21.1. The van der Waals surface area contributed by atoms with Gasteiger partial charge in [0.15, 0.2) is 0 Å². The number of anilines is 1. The van der Waals surface area contributed by atoms with Crippen LogP contribution in [-0.2, 0) is 28.6 Å². The smallest absolute Gasteiger partial charge is 0.264 e. The molecule has 5 aliphatic carbocycles. The van der Waals surface area contributed by atoms with Gasteiger partial charge in [0, 0.05) is 38.4 Å². The van der Waals surface area contributed by atoms with E-state index in [9.17, 15) is 29.1 Å². The fraction of sp³-hybridized carbons (Fsp3) is 0.755. The Morgan fingerprint density at radius 2 is 1.47 bits per heavy atom. The van der Waals surface area contributed by atoms with E-state index in [-0.39, 0.29) is 74.4 Å². The molecule has 1 saturated heterocycles. The lowest BCUT2D eigenvalue weighted by molar-refractivity contribution is -0.203. The van der Waals surface area contributed by atoms with Gasteiger partial charge in [-0.3, -0.25) is 34.2 Å². The maximum absolute atomic E-state index is 14.5. The molecular formula is C53H78N4O9. The number of benzene rings is 1. The minimum Gasteiger partial charge on any atom is -0.393 e. The Kier molecular flexibility index (Phi) is 13.8. The van der Waals surface area contributed by atoms with E-state index < -0.39 is 29.7 Å². The molecule has 364 valence electrons. The van der Waals surface area contributed by atoms with E-state index in [1.807, 2.05) is 0 Å². The molecule has 13 nitrogen and oxygen atoms in total. The normalized spacial score (nSPS) is 35.4. The van der Waals surface area contributed by atoms with Gasteiger partial charge >= 0.3 is 0 Å². The third kappa shape index (κ3) is 8.48. The molecule has 66 heavy (non-hydrogen) atoms. The predicted octanol–water partition coefficient (Wildman–Crippen LogP) is 7.61. The van der Waals surface area contributed by atoms with Gasteiger partial charge in [0.1, 0.15) is 6.04 Å². The highest BCUT2D eigenvalue weighted by atomic mass is 16.5. The second-order valence-electron chi connectivity index (χ2n) is 23.1. The number of rotatable bonds is 17. The molecule has 0 aromatic heterocycles. The van der Waals surface area contributed by atoms with Gasteiger partial charge in [-0.15, -0.1) is 0 Å². The molecule has 0 radical (unpaired) electrons. The lowest BCUT2D eigenvalue weighted by atomic mass is 9.33. The van der Waals surface area contributed by atoms with Gasteiger partial charge in [0.2, 0.25) is 17.7 Å². The topological polar surface area (TPSA) is 173 Å². The molecule has 2 aliphatic heterocycles. The van der Waals surface area contributed by atoms with E-state index >= 15 is 0 Å². The summed E-state index contributed by atoms with van der Waals surface area (Å²) < 4.78 is 17.3. The highest BCUT2D eigenvalue weighted by Crippen LogP contribution is 2.75. The number of nitrogens with zero attached hydrogens (tertiary/aromatic N) is 1. The van der Waals surface area contributed by atoms with Crippen LogP contribution in [0.3, 0.4) is 0 Å². The van der Waals surface area contributed by atoms with Crippen LogP contribution in [0.5, 0.6) is 0 Å². The first-order valence-electron chi connectivity index (χ1n) is 25.3. The number of nitrogens with one attached hydrogen (secondary N) is 3. The van der Waals surface area contributed by atoms with Crippen molar-refractivity contribution < 1.29 is 43.3 Å². The van der Waals surface area contributed by atoms with Crippen molar-refractivity contribution in [2.45, 2.75) is 151 Å². The molecule has 7 aliphatic rings. The quantitative estimate of drug-likeness (QED) is 0.0693. The Labute approximate surface area is 392 Å². The maximum atomic E-state index is 14.5. The molecule has 9 atom stereocenters. The van der Waals surface area contributed by atoms with Crippen LogP contribution in [-0.4, -0.2) is 104 Å². The number of amides is 5. The van der Waals surface area contributed by atoms with Gasteiger partial charge in [0.25, 0.3) is 11.8 Å². The zero-order valence-electron chi connectivity index (χ0n) is 40.9. The molecular weight excluding hydrogens is 837 g/mol. The zero-order chi connectivity index (χ0) is 47.3. The molecule has 5 fully saturated rings. The van der Waals surface area contributed by atoms with E-state index in [1.165, 1.54) is 12.8 Å². The number of piperidine rings is 1. The van der Waals surface area contributed by atoms with Crippen molar-refractivity contribution in [3.05, 3.63) is 41.0 Å². The van der Waals surface area contributed by atoms with Crippen molar-refractivity contribution in [2.75, 3.05) is 58.0 Å². The van der Waals surface area contributed by atoms with E-state index in [1.54, 1.807) is 23.8 Å². The molecule has 2 heterocycles. The summed E-state index contributed by atoms with van der Waals surface area (Å²) in [6.07, 6.45) is 14.6. The number of fused-ring (bicyclic) bond motifs is 8. The van der Waals surface area contributed by atoms with E-state index in [0.29, 0.717) is 76.7 Å². The molecule has 1 unspecified atom stereocenters. The second kappa shape index (κ2) is 18.7. The average molecular weight is 915 g/mol. The standard InChI is InChI=1S/C53H78N4O9/c1-48(2)21-23-53(24-22-51(6)35(36(53)33-48)13-15-40-50(5)19-18-41(58)49(3,4)39(50)17-20-52(40,51)7)47(63)55-26-10-28-65-30-32-66-31-29-64-27-9-25-54-37-12-8-11-34-43(37)46(62)57(45(34)61)38-14-16-42(59)56-44(38)60/h8,11-13,36,38-41,54,58H,9-10,14-33H2,1-7H3,(H,55,63)(H,56,59,60)/t36-,38?,39-,40+,41-,50-,51+,52+,53-/m0/s1. The SMILES string of the molecule is CC1(C)CC[C@]2(C(=O)NCCCOCCOCCOCCCNc3cccc4c3C(=O)N(C3CCC(=O)NC3=O)C4=O)CC[C@]3(C)C(=CC[C@@H]4[C@@]5(C)CC[C@H](O)C(C)(C)[C@@H]5CC[C@]43C)[C@@H]2C1. The van der Waals surface area contributed by atoms with Crippen molar-refractivity contribution in [3.63, 3.8) is 0 Å². The summed E-state index contributed by atoms with van der Waals surface area (Å²) in [5.41, 5.74) is 2.81. The lowest BCUT2D eigenvalue weighted by Crippen LogP contribution is -2.65. The van der Waals surface area contributed by atoms with E-state index in [0.717, 1.165) is 62.7 Å². The minimum absolute atomic E-state index is 0.0661. The summed E-state index contributed by atoms with van der Waals surface area (Å²) in [5.74, 6) is -0.494. The van der Waals surface area contributed by atoms with Crippen molar-refractivity contribution >= 4 is 35.2 Å². The maximum Gasteiger partial charge on any atom is 0.264 e. The average Bonchev–Trinajstić information content (AvgIpc) is 3.52. The molecule has 5 amide bonds. The summed E-state index contributed by atoms with van der Waals surface area (Å²) in [7, 11) is 0. The summed E-state index contributed by atoms with van der Waals surface area (Å²) >= 11 is 0. The molecule has 4 saturated carbocycles. The fourth-order valence-electron chi connectivity index (χ4n) is 14.8. The van der Waals surface area contributed by atoms with Crippen LogP contribution >= 0.6 is 0 Å². The number of carbonyl (C=O) groups is 5. The highest BCUT2D eigenvalue weighted by Gasteiger charge is 2.69. The largest absolute Gasteiger partial charge is 0.393 e. The predicted molar refractivity (Wildman–Crippen MR) is 251 cm³/mol. The molecule has 0 spiro atoms. The molecule has 4 N–H and O–H groups in total. The van der Waals surface area contributed by atoms with Crippen molar-refractivity contribution in [2.24, 2.45) is 50.2 Å². The van der Waals surface area contributed by atoms with Gasteiger partial charge in [-0.1, -0.05) is 66.2 Å². The first kappa shape index (κ1) is 48.8. The second-order valence-corrected chi connectivity index (χ2v) is 23.1. The summed E-state index contributed by atoms with van der Waals surface area (Å²) in [6, 6.07) is 4.01.